The molecule has 0 aliphatic rings. The van der Waals surface area contributed by atoms with Crippen molar-refractivity contribution in [2.45, 2.75) is 32.1 Å². The number of para-hydroxylation sites is 1. The van der Waals surface area contributed by atoms with Crippen molar-refractivity contribution in [3.63, 3.8) is 0 Å². The van der Waals surface area contributed by atoms with Gasteiger partial charge in [0.05, 0.1) is 20.8 Å². The van der Waals surface area contributed by atoms with E-state index in [1.807, 2.05) is 26.0 Å². The molecule has 210 valence electrons. The number of anilines is 1. The molecule has 0 radical (unpaired) electrons. The van der Waals surface area contributed by atoms with Crippen LogP contribution in [0.25, 0.3) is 17.2 Å². The van der Waals surface area contributed by atoms with Crippen LogP contribution in [-0.2, 0) is 14.8 Å². The van der Waals surface area contributed by atoms with E-state index in [0.717, 1.165) is 11.1 Å². The Morgan fingerprint density at radius 2 is 1.70 bits per heavy atom. The highest BCUT2D eigenvalue weighted by Crippen LogP contribution is 2.38. The van der Waals surface area contributed by atoms with Crippen molar-refractivity contribution < 1.29 is 22.6 Å². The van der Waals surface area contributed by atoms with Crippen LogP contribution in [0.5, 0.6) is 11.5 Å². The smallest absolute Gasteiger partial charge is 0.243 e. The van der Waals surface area contributed by atoms with Gasteiger partial charge in [0.1, 0.15) is 34.2 Å². The van der Waals surface area contributed by atoms with Gasteiger partial charge < -0.3 is 14.2 Å². The number of nitrogens with zero attached hydrogens (tertiary/aromatic N) is 6. The molecule has 4 aromatic rings. The second-order valence-electron chi connectivity index (χ2n) is 8.93. The average Bonchev–Trinajstić information content (AvgIpc) is 3.35. The summed E-state index contributed by atoms with van der Waals surface area (Å²) in [6, 6.07) is 8.86. The van der Waals surface area contributed by atoms with Crippen LogP contribution >= 0.6 is 0 Å². The van der Waals surface area contributed by atoms with Crippen molar-refractivity contribution in [3.8, 4) is 28.7 Å². The van der Waals surface area contributed by atoms with Crippen molar-refractivity contribution in [2.24, 2.45) is 0 Å². The molecule has 3 aromatic heterocycles. The molecule has 0 spiro atoms. The number of aryl methyl sites for hydroxylation is 2. The van der Waals surface area contributed by atoms with Gasteiger partial charge in [-0.25, -0.2) is 18.4 Å². The quantitative estimate of drug-likeness (QED) is 0.252. The summed E-state index contributed by atoms with van der Waals surface area (Å²) in [5.74, 6) is 1.21. The number of ether oxygens (including phenoxy) is 3. The standard InChI is InChI=1S/C27H31N7O5S/c1-7-13-39-24(25-29-15-18(3)16-30-25)19(4)40(35,36)33-27-32-31-26(20-14-17(2)11-12-28-20)34(27)23-21(37-5)9-8-10-22(23)38-6/h7-12,14-16,19,24H,1,13H2,2-6H3,(H,32,33)/t19-,24-/m0/s1. The largest absolute Gasteiger partial charge is 0.494 e. The van der Waals surface area contributed by atoms with E-state index in [0.29, 0.717) is 22.9 Å². The van der Waals surface area contributed by atoms with Crippen molar-refractivity contribution in [1.82, 2.24) is 29.7 Å². The summed E-state index contributed by atoms with van der Waals surface area (Å²) in [4.78, 5) is 13.0. The second-order valence-corrected chi connectivity index (χ2v) is 11.0. The number of aromatic nitrogens is 6. The first-order valence-electron chi connectivity index (χ1n) is 12.3. The molecule has 12 nitrogen and oxygen atoms in total. The maximum Gasteiger partial charge on any atom is 0.243 e. The first-order chi connectivity index (χ1) is 19.2. The molecule has 0 aliphatic heterocycles. The zero-order valence-corrected chi connectivity index (χ0v) is 23.7. The van der Waals surface area contributed by atoms with E-state index in [4.69, 9.17) is 14.2 Å². The molecule has 0 bridgehead atoms. The van der Waals surface area contributed by atoms with Crippen molar-refractivity contribution in [3.05, 3.63) is 78.5 Å². The maximum atomic E-state index is 13.8. The molecule has 4 rings (SSSR count). The van der Waals surface area contributed by atoms with E-state index in [1.165, 1.54) is 31.8 Å². The van der Waals surface area contributed by atoms with E-state index in [2.05, 4.69) is 36.5 Å². The molecule has 0 amide bonds. The van der Waals surface area contributed by atoms with Gasteiger partial charge >= 0.3 is 0 Å². The molecule has 40 heavy (non-hydrogen) atoms. The zero-order chi connectivity index (χ0) is 28.9. The van der Waals surface area contributed by atoms with E-state index in [9.17, 15) is 8.42 Å². The predicted molar refractivity (Wildman–Crippen MR) is 150 cm³/mol. The lowest BCUT2D eigenvalue weighted by Gasteiger charge is -2.23. The number of pyridine rings is 1. The fourth-order valence-electron chi connectivity index (χ4n) is 3.96. The fourth-order valence-corrected chi connectivity index (χ4v) is 5.06. The molecule has 0 saturated heterocycles. The van der Waals surface area contributed by atoms with Gasteiger partial charge in [-0.3, -0.25) is 14.3 Å². The third-order valence-corrected chi connectivity index (χ3v) is 7.72. The Morgan fingerprint density at radius 3 is 2.30 bits per heavy atom. The van der Waals surface area contributed by atoms with Gasteiger partial charge in [0.2, 0.25) is 16.0 Å². The minimum atomic E-state index is -4.16. The van der Waals surface area contributed by atoms with Crippen LogP contribution in [0, 0.1) is 13.8 Å². The lowest BCUT2D eigenvalue weighted by atomic mass is 10.2. The van der Waals surface area contributed by atoms with Gasteiger partial charge in [-0.1, -0.05) is 12.1 Å². The Labute approximate surface area is 233 Å². The van der Waals surface area contributed by atoms with E-state index >= 15 is 0 Å². The fraction of sp³-hybridized carbons (Fsp3) is 0.296. The van der Waals surface area contributed by atoms with E-state index in [1.54, 1.807) is 36.8 Å². The number of methoxy groups -OCH3 is 2. The van der Waals surface area contributed by atoms with E-state index in [-0.39, 0.29) is 24.2 Å². The van der Waals surface area contributed by atoms with Gasteiger partial charge in [0.15, 0.2) is 11.6 Å². The number of nitrogens with one attached hydrogen (secondary N) is 1. The molecule has 0 saturated carbocycles. The average molecular weight is 566 g/mol. The highest BCUT2D eigenvalue weighted by Gasteiger charge is 2.35. The third kappa shape index (κ3) is 5.95. The van der Waals surface area contributed by atoms with Gasteiger partial charge in [0.25, 0.3) is 0 Å². The summed E-state index contributed by atoms with van der Waals surface area (Å²) in [6.07, 6.45) is 5.37. The number of rotatable bonds is 12. The van der Waals surface area contributed by atoms with Crippen LogP contribution in [0.2, 0.25) is 0 Å². The van der Waals surface area contributed by atoms with Gasteiger partial charge in [-0.15, -0.1) is 16.8 Å². The van der Waals surface area contributed by atoms with Crippen LogP contribution in [0.3, 0.4) is 0 Å². The molecule has 13 heteroatoms. The Bertz CT molecular complexity index is 1570. The van der Waals surface area contributed by atoms with Crippen LogP contribution in [0.15, 0.2) is 61.6 Å². The minimum absolute atomic E-state index is 0.0968. The molecule has 1 aromatic carbocycles. The van der Waals surface area contributed by atoms with Crippen LogP contribution in [-0.4, -0.2) is 64.2 Å². The monoisotopic (exact) mass is 565 g/mol. The molecule has 0 fully saturated rings. The SMILES string of the molecule is C=CCO[C@H](c1ncc(C)cn1)[C@H](C)S(=O)(=O)Nc1nnc(-c2cc(C)ccn2)n1-c1c(OC)cccc1OC. The molecular weight excluding hydrogens is 534 g/mol. The van der Waals surface area contributed by atoms with Gasteiger partial charge in [0, 0.05) is 18.6 Å². The third-order valence-electron chi connectivity index (χ3n) is 6.03. The highest BCUT2D eigenvalue weighted by molar-refractivity contribution is 7.93. The summed E-state index contributed by atoms with van der Waals surface area (Å²) in [5, 5.41) is 7.37. The van der Waals surface area contributed by atoms with Gasteiger partial charge in [-0.2, -0.15) is 0 Å². The van der Waals surface area contributed by atoms with Gasteiger partial charge in [-0.05, 0) is 56.2 Å². The Morgan fingerprint density at radius 1 is 1.02 bits per heavy atom. The summed E-state index contributed by atoms with van der Waals surface area (Å²) < 4.78 is 48.7. The molecule has 0 aliphatic carbocycles. The first-order valence-corrected chi connectivity index (χ1v) is 13.9. The molecule has 3 heterocycles. The molecular formula is C27H31N7O5S. The minimum Gasteiger partial charge on any atom is -0.494 e. The topological polar surface area (TPSA) is 143 Å². The number of sulfonamides is 1. The lowest BCUT2D eigenvalue weighted by molar-refractivity contribution is 0.0670. The number of hydrogen-bond acceptors (Lipinski definition) is 10. The molecule has 0 unspecified atom stereocenters. The summed E-state index contributed by atoms with van der Waals surface area (Å²) in [6.45, 7) is 9.02. The Balaban J connectivity index is 1.84. The van der Waals surface area contributed by atoms with Crippen molar-refractivity contribution >= 4 is 16.0 Å². The zero-order valence-electron chi connectivity index (χ0n) is 22.9. The van der Waals surface area contributed by atoms with Crippen LogP contribution in [0.4, 0.5) is 5.95 Å². The van der Waals surface area contributed by atoms with Crippen LogP contribution < -0.4 is 14.2 Å². The highest BCUT2D eigenvalue weighted by atomic mass is 32.2. The summed E-state index contributed by atoms with van der Waals surface area (Å²) >= 11 is 0. The summed E-state index contributed by atoms with van der Waals surface area (Å²) in [7, 11) is -1.16. The van der Waals surface area contributed by atoms with Crippen molar-refractivity contribution in [1.29, 1.82) is 0 Å². The van der Waals surface area contributed by atoms with E-state index < -0.39 is 21.4 Å². The number of benzene rings is 1. The Kier molecular flexibility index (Phi) is 8.75. The number of hydrogen-bond donors (Lipinski definition) is 1. The van der Waals surface area contributed by atoms with Crippen molar-refractivity contribution in [2.75, 3.05) is 25.5 Å². The van der Waals surface area contributed by atoms with Crippen LogP contribution in [0.1, 0.15) is 30.0 Å². The Hall–Kier alpha value is -4.36. The lowest BCUT2D eigenvalue weighted by Crippen LogP contribution is -2.34. The summed E-state index contributed by atoms with van der Waals surface area (Å²) in [5.41, 5.74) is 2.63. The molecule has 2 atom stereocenters. The second kappa shape index (κ2) is 12.2. The first kappa shape index (κ1) is 28.6. The predicted octanol–water partition coefficient (Wildman–Crippen LogP) is 3.83. The normalized spacial score (nSPS) is 12.9. The molecule has 1 N–H and O–H groups in total. The maximum absolute atomic E-state index is 13.8.